The Labute approximate surface area is 73.4 Å². The van der Waals surface area contributed by atoms with Crippen molar-refractivity contribution in [3.05, 3.63) is 11.3 Å². The summed E-state index contributed by atoms with van der Waals surface area (Å²) in [5, 5.41) is 0. The van der Waals surface area contributed by atoms with Crippen LogP contribution in [-0.4, -0.2) is 12.0 Å². The van der Waals surface area contributed by atoms with Gasteiger partial charge in [-0.1, -0.05) is 0 Å². The van der Waals surface area contributed by atoms with E-state index in [9.17, 15) is 4.79 Å². The van der Waals surface area contributed by atoms with Gasteiger partial charge in [0, 0.05) is 17.0 Å². The van der Waals surface area contributed by atoms with Crippen molar-refractivity contribution < 1.29 is 4.79 Å². The van der Waals surface area contributed by atoms with E-state index in [2.05, 4.69) is 4.99 Å². The molecule has 1 aliphatic rings. The lowest BCUT2D eigenvalue weighted by Crippen LogP contribution is -2.00. The molecule has 0 saturated heterocycles. The normalized spacial score (nSPS) is 17.5. The Morgan fingerprint density at radius 3 is 2.58 bits per heavy atom. The number of nitrogens with zero attached hydrogens (tertiary/aromatic N) is 1. The smallest absolute Gasteiger partial charge is 0.147 e. The van der Waals surface area contributed by atoms with Gasteiger partial charge in [-0.15, -0.1) is 0 Å². The van der Waals surface area contributed by atoms with Crippen molar-refractivity contribution >= 4 is 12.0 Å². The maximum atomic E-state index is 10.6. The zero-order chi connectivity index (χ0) is 8.97. The van der Waals surface area contributed by atoms with Crippen LogP contribution < -0.4 is 0 Å². The largest absolute Gasteiger partial charge is 0.298 e. The average Bonchev–Trinajstić information content (AvgIpc) is 2.04. The lowest BCUT2D eigenvalue weighted by atomic mass is 9.97. The quantitative estimate of drug-likeness (QED) is 0.456. The molecule has 0 radical (unpaired) electrons. The van der Waals surface area contributed by atoms with Gasteiger partial charge in [0.05, 0.1) is 0 Å². The zero-order valence-electron chi connectivity index (χ0n) is 7.76. The standard InChI is InChI=1S/C10H15NO/c1-8(2)11-10-6-4-3-5-9(10)7-12/h7H,3-6H2,1-2H3. The Bertz CT molecular complexity index is 234. The summed E-state index contributed by atoms with van der Waals surface area (Å²) >= 11 is 0. The first kappa shape index (κ1) is 9.17. The predicted molar refractivity (Wildman–Crippen MR) is 50.3 cm³/mol. The molecule has 0 amide bonds. The number of carbonyl (C=O) groups excluding carboxylic acids is 1. The number of aliphatic imine (C=N–C) groups is 1. The molecule has 0 aromatic heterocycles. The highest BCUT2D eigenvalue weighted by atomic mass is 16.1. The molecule has 2 nitrogen and oxygen atoms in total. The van der Waals surface area contributed by atoms with Crippen molar-refractivity contribution in [2.45, 2.75) is 39.5 Å². The van der Waals surface area contributed by atoms with Crippen LogP contribution in [0.4, 0.5) is 0 Å². The third-order valence-electron chi connectivity index (χ3n) is 1.98. The zero-order valence-corrected chi connectivity index (χ0v) is 7.76. The van der Waals surface area contributed by atoms with Gasteiger partial charge in [0.2, 0.25) is 0 Å². The highest BCUT2D eigenvalue weighted by Gasteiger charge is 2.10. The maximum absolute atomic E-state index is 10.6. The number of aldehydes is 1. The molecule has 1 rings (SSSR count). The van der Waals surface area contributed by atoms with Crippen molar-refractivity contribution in [3.8, 4) is 0 Å². The van der Waals surface area contributed by atoms with Gasteiger partial charge in [0.15, 0.2) is 0 Å². The van der Waals surface area contributed by atoms with Crippen LogP contribution in [0.25, 0.3) is 0 Å². The lowest BCUT2D eigenvalue weighted by molar-refractivity contribution is -0.105. The molecule has 0 N–H and O–H groups in total. The summed E-state index contributed by atoms with van der Waals surface area (Å²) < 4.78 is 0. The van der Waals surface area contributed by atoms with Gasteiger partial charge in [-0.2, -0.15) is 0 Å². The second-order valence-corrected chi connectivity index (χ2v) is 3.36. The number of hydrogen-bond donors (Lipinski definition) is 0. The van der Waals surface area contributed by atoms with Crippen LogP contribution in [0.2, 0.25) is 0 Å². The Kier molecular flexibility index (Phi) is 3.20. The minimum Gasteiger partial charge on any atom is -0.298 e. The van der Waals surface area contributed by atoms with Gasteiger partial charge in [0.25, 0.3) is 0 Å². The van der Waals surface area contributed by atoms with Crippen LogP contribution in [0, 0.1) is 0 Å². The van der Waals surface area contributed by atoms with Gasteiger partial charge < -0.3 is 0 Å². The van der Waals surface area contributed by atoms with E-state index in [1.165, 1.54) is 6.42 Å². The molecule has 66 valence electrons. The number of carbonyl (C=O) groups is 1. The van der Waals surface area contributed by atoms with E-state index in [0.29, 0.717) is 0 Å². The number of hydrogen-bond acceptors (Lipinski definition) is 2. The summed E-state index contributed by atoms with van der Waals surface area (Å²) in [6, 6.07) is 0. The van der Waals surface area contributed by atoms with Gasteiger partial charge in [0.1, 0.15) is 6.29 Å². The molecule has 0 aromatic rings. The van der Waals surface area contributed by atoms with Gasteiger partial charge >= 0.3 is 0 Å². The fraction of sp³-hybridized carbons (Fsp3) is 0.600. The van der Waals surface area contributed by atoms with Crippen LogP contribution in [0.1, 0.15) is 39.5 Å². The lowest BCUT2D eigenvalue weighted by Gasteiger charge is -2.12. The Morgan fingerprint density at radius 1 is 1.33 bits per heavy atom. The van der Waals surface area contributed by atoms with Crippen LogP contribution in [0.5, 0.6) is 0 Å². The van der Waals surface area contributed by atoms with Crippen molar-refractivity contribution in [1.82, 2.24) is 0 Å². The van der Waals surface area contributed by atoms with E-state index in [-0.39, 0.29) is 0 Å². The summed E-state index contributed by atoms with van der Waals surface area (Å²) in [5.74, 6) is 0. The van der Waals surface area contributed by atoms with E-state index in [1.54, 1.807) is 0 Å². The van der Waals surface area contributed by atoms with Crippen molar-refractivity contribution in [3.63, 3.8) is 0 Å². The Morgan fingerprint density at radius 2 is 2.00 bits per heavy atom. The molecule has 2 heteroatoms. The van der Waals surface area contributed by atoms with E-state index >= 15 is 0 Å². The highest BCUT2D eigenvalue weighted by Crippen LogP contribution is 2.24. The molecule has 0 heterocycles. The van der Waals surface area contributed by atoms with E-state index < -0.39 is 0 Å². The van der Waals surface area contributed by atoms with Crippen LogP contribution in [0.15, 0.2) is 16.3 Å². The van der Waals surface area contributed by atoms with Crippen molar-refractivity contribution in [2.24, 2.45) is 4.99 Å². The highest BCUT2D eigenvalue weighted by molar-refractivity contribution is 5.82. The molecule has 0 atom stereocenters. The number of allylic oxidation sites excluding steroid dienone is 2. The number of rotatable bonds is 2. The molecular formula is C10H15NO. The molecule has 0 aromatic carbocycles. The summed E-state index contributed by atoms with van der Waals surface area (Å²) in [5.41, 5.74) is 2.95. The molecule has 0 unspecified atom stereocenters. The molecule has 0 saturated carbocycles. The first-order valence-corrected chi connectivity index (χ1v) is 4.43. The van der Waals surface area contributed by atoms with Gasteiger partial charge in [-0.05, 0) is 39.5 Å². The Hall–Kier alpha value is -0.920. The van der Waals surface area contributed by atoms with Gasteiger partial charge in [-0.3, -0.25) is 9.79 Å². The first-order valence-electron chi connectivity index (χ1n) is 4.43. The van der Waals surface area contributed by atoms with E-state index in [4.69, 9.17) is 0 Å². The monoisotopic (exact) mass is 165 g/mol. The SMILES string of the molecule is CC(C)=NC1=C(C=O)CCCC1. The van der Waals surface area contributed by atoms with Crippen molar-refractivity contribution in [2.75, 3.05) is 0 Å². The van der Waals surface area contributed by atoms with E-state index in [0.717, 1.165) is 42.5 Å². The van der Waals surface area contributed by atoms with Gasteiger partial charge in [-0.25, -0.2) is 0 Å². The summed E-state index contributed by atoms with van der Waals surface area (Å²) in [4.78, 5) is 15.0. The molecular weight excluding hydrogens is 150 g/mol. The minimum atomic E-state index is 0.905. The second kappa shape index (κ2) is 4.19. The third-order valence-corrected chi connectivity index (χ3v) is 1.98. The fourth-order valence-electron chi connectivity index (χ4n) is 1.44. The summed E-state index contributed by atoms with van der Waals surface area (Å²) in [7, 11) is 0. The molecule has 1 aliphatic carbocycles. The van der Waals surface area contributed by atoms with Crippen LogP contribution in [0.3, 0.4) is 0 Å². The first-order chi connectivity index (χ1) is 5.74. The molecule has 0 aliphatic heterocycles. The van der Waals surface area contributed by atoms with Crippen LogP contribution >= 0.6 is 0 Å². The third kappa shape index (κ3) is 2.29. The predicted octanol–water partition coefficient (Wildman–Crippen LogP) is 2.49. The average molecular weight is 165 g/mol. The Balaban J connectivity index is 2.87. The molecule has 12 heavy (non-hydrogen) atoms. The maximum Gasteiger partial charge on any atom is 0.147 e. The molecule has 0 spiro atoms. The summed E-state index contributed by atoms with van der Waals surface area (Å²) in [6.07, 6.45) is 5.15. The second-order valence-electron chi connectivity index (χ2n) is 3.36. The topological polar surface area (TPSA) is 29.4 Å². The fourth-order valence-corrected chi connectivity index (χ4v) is 1.44. The molecule has 0 fully saturated rings. The van der Waals surface area contributed by atoms with Crippen LogP contribution in [-0.2, 0) is 4.79 Å². The van der Waals surface area contributed by atoms with Crippen molar-refractivity contribution in [1.29, 1.82) is 0 Å². The minimum absolute atomic E-state index is 0.905. The van der Waals surface area contributed by atoms with E-state index in [1.807, 2.05) is 13.8 Å². The summed E-state index contributed by atoms with van der Waals surface area (Å²) in [6.45, 7) is 3.92. The molecule has 0 bridgehead atoms.